The lowest BCUT2D eigenvalue weighted by Gasteiger charge is -2.70. The molecule has 10 atom stereocenters. The van der Waals surface area contributed by atoms with E-state index in [4.69, 9.17) is 9.47 Å². The zero-order chi connectivity index (χ0) is 29.2. The van der Waals surface area contributed by atoms with Crippen molar-refractivity contribution in [2.45, 2.75) is 143 Å². The van der Waals surface area contributed by atoms with Gasteiger partial charge in [-0.25, -0.2) is 0 Å². The molecule has 2 N–H and O–H groups in total. The Kier molecular flexibility index (Phi) is 8.57. The molecule has 0 saturated heterocycles. The van der Waals surface area contributed by atoms with Gasteiger partial charge in [0, 0.05) is 13.0 Å². The molecule has 226 valence electrons. The van der Waals surface area contributed by atoms with Crippen LogP contribution in [0.3, 0.4) is 0 Å². The second-order valence-corrected chi connectivity index (χ2v) is 16.7. The summed E-state index contributed by atoms with van der Waals surface area (Å²) in [6, 6.07) is 0. The number of aliphatic hydroxyl groups is 2. The standard InChI is InChI=1S/C33H57BrO5/c1-28(2,38-9)14-10-15-33(8,37)21-11-17-32(7)27(21)22(39-26(36)20-34)19-24-30(5)16-13-25(35)29(3,4)23(30)12-18-31(24,32)6/h21-25,27,35,37H,10-20H2,1-9H3/t21-,22+,23-,24+,25-,27-,30-,31+,32+,33+/m0/s1. The van der Waals surface area contributed by atoms with Crippen LogP contribution in [0, 0.1) is 45.3 Å². The van der Waals surface area contributed by atoms with Gasteiger partial charge in [-0.15, -0.1) is 0 Å². The highest BCUT2D eigenvalue weighted by molar-refractivity contribution is 9.09. The van der Waals surface area contributed by atoms with Gasteiger partial charge in [0.1, 0.15) is 11.4 Å². The van der Waals surface area contributed by atoms with Crippen molar-refractivity contribution < 1.29 is 24.5 Å². The van der Waals surface area contributed by atoms with Gasteiger partial charge >= 0.3 is 5.97 Å². The zero-order valence-corrected chi connectivity index (χ0v) is 27.8. The Morgan fingerprint density at radius 3 is 2.21 bits per heavy atom. The van der Waals surface area contributed by atoms with Crippen LogP contribution in [0.25, 0.3) is 0 Å². The molecule has 6 heteroatoms. The summed E-state index contributed by atoms with van der Waals surface area (Å²) in [7, 11) is 1.76. The van der Waals surface area contributed by atoms with Gasteiger partial charge in [-0.1, -0.05) is 50.5 Å². The molecule has 0 aliphatic heterocycles. The van der Waals surface area contributed by atoms with E-state index in [2.05, 4.69) is 64.4 Å². The molecule has 4 saturated carbocycles. The van der Waals surface area contributed by atoms with Gasteiger partial charge in [-0.3, -0.25) is 4.79 Å². The minimum atomic E-state index is -0.827. The first-order chi connectivity index (χ1) is 17.9. The maximum atomic E-state index is 12.8. The highest BCUT2D eigenvalue weighted by Gasteiger charge is 2.72. The van der Waals surface area contributed by atoms with Crippen molar-refractivity contribution in [1.29, 1.82) is 0 Å². The topological polar surface area (TPSA) is 76.0 Å². The Bertz CT molecular complexity index is 916. The largest absolute Gasteiger partial charge is 0.461 e. The van der Waals surface area contributed by atoms with Crippen molar-refractivity contribution >= 4 is 21.9 Å². The van der Waals surface area contributed by atoms with Crippen molar-refractivity contribution in [3.05, 3.63) is 0 Å². The number of carbonyl (C=O) groups excluding carboxylic acids is 1. The summed E-state index contributed by atoms with van der Waals surface area (Å²) in [6.07, 6.45) is 9.09. The molecule has 0 unspecified atom stereocenters. The molecule has 0 heterocycles. The van der Waals surface area contributed by atoms with E-state index in [1.807, 2.05) is 6.92 Å². The molecule has 0 aromatic carbocycles. The molecule has 0 bridgehead atoms. The summed E-state index contributed by atoms with van der Waals surface area (Å²) in [5, 5.41) is 23.2. The average Bonchev–Trinajstić information content (AvgIpc) is 3.23. The van der Waals surface area contributed by atoms with E-state index in [0.29, 0.717) is 11.8 Å². The van der Waals surface area contributed by atoms with Gasteiger partial charge in [0.2, 0.25) is 0 Å². The first-order valence-electron chi connectivity index (χ1n) is 15.6. The summed E-state index contributed by atoms with van der Waals surface area (Å²) in [5.41, 5.74) is -0.980. The van der Waals surface area contributed by atoms with Crippen LogP contribution < -0.4 is 0 Å². The van der Waals surface area contributed by atoms with Crippen molar-refractivity contribution in [3.8, 4) is 0 Å². The molecule has 0 spiro atoms. The molecule has 4 rings (SSSR count). The second-order valence-electron chi connectivity index (χ2n) is 16.1. The Labute approximate surface area is 246 Å². The number of aliphatic hydroxyl groups excluding tert-OH is 1. The molecule has 5 nitrogen and oxygen atoms in total. The van der Waals surface area contributed by atoms with E-state index < -0.39 is 5.60 Å². The Morgan fingerprint density at radius 1 is 0.949 bits per heavy atom. The molecule has 4 fully saturated rings. The first kappa shape index (κ1) is 31.8. The van der Waals surface area contributed by atoms with E-state index in [0.717, 1.165) is 64.2 Å². The van der Waals surface area contributed by atoms with E-state index in [9.17, 15) is 15.0 Å². The highest BCUT2D eigenvalue weighted by Crippen LogP contribution is 2.76. The minimum absolute atomic E-state index is 0.0260. The third-order valence-corrected chi connectivity index (χ3v) is 14.0. The molecule has 4 aliphatic rings. The summed E-state index contributed by atoms with van der Waals surface area (Å²) >= 11 is 3.35. The van der Waals surface area contributed by atoms with E-state index in [1.165, 1.54) is 0 Å². The van der Waals surface area contributed by atoms with Crippen molar-refractivity contribution in [2.75, 3.05) is 12.4 Å². The van der Waals surface area contributed by atoms with E-state index >= 15 is 0 Å². The first-order valence-corrected chi connectivity index (χ1v) is 16.7. The predicted molar refractivity (Wildman–Crippen MR) is 160 cm³/mol. The SMILES string of the molecule is COC(C)(C)CCC[C@@](C)(O)[C@H]1CC[C@]2(C)[C@@H]1[C@H](OC(=O)CBr)C[C@@H]1[C@@]3(C)CC[C@H](O)C(C)(C)[C@@H]3CC[C@]12C. The number of methoxy groups -OCH3 is 1. The minimum Gasteiger partial charge on any atom is -0.461 e. The van der Waals surface area contributed by atoms with Gasteiger partial charge < -0.3 is 19.7 Å². The third-order valence-electron chi connectivity index (χ3n) is 13.5. The fourth-order valence-corrected chi connectivity index (χ4v) is 11.0. The monoisotopic (exact) mass is 612 g/mol. The number of carbonyl (C=O) groups is 1. The molecule has 0 radical (unpaired) electrons. The van der Waals surface area contributed by atoms with Crippen LogP contribution >= 0.6 is 15.9 Å². The predicted octanol–water partition coefficient (Wildman–Crippen LogP) is 7.30. The molecule has 4 aliphatic carbocycles. The fourth-order valence-electron chi connectivity index (χ4n) is 10.9. The average molecular weight is 614 g/mol. The summed E-state index contributed by atoms with van der Waals surface area (Å²) in [6.45, 7) is 18.3. The number of ether oxygens (including phenoxy) is 2. The normalized spacial score (nSPS) is 45.0. The quantitative estimate of drug-likeness (QED) is 0.222. The van der Waals surface area contributed by atoms with Crippen LogP contribution in [0.1, 0.15) is 120 Å². The van der Waals surface area contributed by atoms with Crippen LogP contribution in [-0.4, -0.2) is 52.0 Å². The number of hydrogen-bond acceptors (Lipinski definition) is 5. The number of alkyl halides is 1. The number of fused-ring (bicyclic) bond motifs is 5. The van der Waals surface area contributed by atoms with E-state index in [-0.39, 0.29) is 62.6 Å². The number of halogens is 1. The highest BCUT2D eigenvalue weighted by atomic mass is 79.9. The van der Waals surface area contributed by atoms with Crippen LogP contribution in [0.2, 0.25) is 0 Å². The van der Waals surface area contributed by atoms with Crippen molar-refractivity contribution in [3.63, 3.8) is 0 Å². The Hall–Kier alpha value is -0.170. The summed E-state index contributed by atoms with van der Waals surface area (Å²) in [5.74, 6) is 0.888. The lowest BCUT2D eigenvalue weighted by Crippen LogP contribution is -2.67. The summed E-state index contributed by atoms with van der Waals surface area (Å²) in [4.78, 5) is 12.8. The number of esters is 1. The molecule has 39 heavy (non-hydrogen) atoms. The maximum absolute atomic E-state index is 12.8. The maximum Gasteiger partial charge on any atom is 0.316 e. The molecular weight excluding hydrogens is 556 g/mol. The van der Waals surface area contributed by atoms with Gasteiger partial charge in [-0.05, 0) is 124 Å². The van der Waals surface area contributed by atoms with E-state index in [1.54, 1.807) is 7.11 Å². The molecular formula is C33H57BrO5. The van der Waals surface area contributed by atoms with Crippen LogP contribution in [-0.2, 0) is 14.3 Å². The van der Waals surface area contributed by atoms with Crippen molar-refractivity contribution in [1.82, 2.24) is 0 Å². The number of rotatable bonds is 8. The van der Waals surface area contributed by atoms with Crippen LogP contribution in [0.5, 0.6) is 0 Å². The van der Waals surface area contributed by atoms with Gasteiger partial charge in [0.05, 0.1) is 17.3 Å². The molecule has 0 aromatic rings. The lowest BCUT2D eigenvalue weighted by molar-refractivity contribution is -0.250. The lowest BCUT2D eigenvalue weighted by atomic mass is 9.35. The third kappa shape index (κ3) is 5.07. The Balaban J connectivity index is 1.70. The Morgan fingerprint density at radius 2 is 1.59 bits per heavy atom. The zero-order valence-electron chi connectivity index (χ0n) is 26.2. The molecule has 0 amide bonds. The second kappa shape index (κ2) is 10.5. The van der Waals surface area contributed by atoms with Crippen molar-refractivity contribution in [2.24, 2.45) is 45.3 Å². The van der Waals surface area contributed by atoms with Gasteiger partial charge in [0.15, 0.2) is 0 Å². The fraction of sp³-hybridized carbons (Fsp3) is 0.970. The van der Waals surface area contributed by atoms with Crippen LogP contribution in [0.15, 0.2) is 0 Å². The van der Waals surface area contributed by atoms with Crippen LogP contribution in [0.4, 0.5) is 0 Å². The number of hydrogen-bond donors (Lipinski definition) is 2. The summed E-state index contributed by atoms with van der Waals surface area (Å²) < 4.78 is 12.0. The molecule has 0 aromatic heterocycles. The van der Waals surface area contributed by atoms with Gasteiger partial charge in [0.25, 0.3) is 0 Å². The van der Waals surface area contributed by atoms with Gasteiger partial charge in [-0.2, -0.15) is 0 Å². The smallest absolute Gasteiger partial charge is 0.316 e.